The minimum absolute atomic E-state index is 0. The Labute approximate surface area is 336 Å². The lowest BCUT2D eigenvalue weighted by Crippen LogP contribution is -2.52. The number of anilines is 2. The quantitative estimate of drug-likeness (QED) is 0.181. The molecule has 2 atom stereocenters. The lowest BCUT2D eigenvalue weighted by atomic mass is 9.91. The number of carbonyl (C=O) groups is 2. The molecule has 1 fully saturated rings. The highest BCUT2D eigenvalue weighted by molar-refractivity contribution is 6.30. The predicted octanol–water partition coefficient (Wildman–Crippen LogP) is 7.30. The van der Waals surface area contributed by atoms with E-state index in [1.807, 2.05) is 65.2 Å². The second kappa shape index (κ2) is 15.8. The Kier molecular flexibility index (Phi) is 10.6. The van der Waals surface area contributed by atoms with Crippen LogP contribution in [0.2, 0.25) is 5.02 Å². The van der Waals surface area contributed by atoms with Gasteiger partial charge < -0.3 is 24.0 Å². The van der Waals surface area contributed by atoms with Gasteiger partial charge in [0.05, 0.1) is 55.0 Å². The van der Waals surface area contributed by atoms with Crippen LogP contribution in [0.3, 0.4) is 0 Å². The molecule has 11 nitrogen and oxygen atoms in total. The zero-order chi connectivity index (χ0) is 37.6. The summed E-state index contributed by atoms with van der Waals surface area (Å²) in [7, 11) is 1.88. The molecular weight excluding hydrogens is 751 g/mol. The number of aryl methyl sites for hydroxylation is 1. The SMILES string of the molecule is Cl.Cn1ncc2cc(N(C(=O)c3ccn4c3COC(c3cc(Cl)ccc3C(=O)N3Cc5ccccc5C[C@H]3CN3CCOCC3)C4)c3ccc(O)cc3)ccc21. The Balaban J connectivity index is 0.00000441. The number of halogens is 2. The third kappa shape index (κ3) is 7.17. The number of fused-ring (bicyclic) bond motifs is 3. The van der Waals surface area contributed by atoms with Crippen LogP contribution in [0.4, 0.5) is 11.4 Å². The fraction of sp³-hybridized carbons (Fsp3) is 0.279. The molecule has 0 aliphatic carbocycles. The first-order chi connectivity index (χ1) is 26.8. The highest BCUT2D eigenvalue weighted by atomic mass is 35.5. The van der Waals surface area contributed by atoms with Gasteiger partial charge in [0, 0.05) is 67.1 Å². The molecule has 1 saturated heterocycles. The van der Waals surface area contributed by atoms with Crippen LogP contribution in [-0.2, 0) is 42.6 Å². The van der Waals surface area contributed by atoms with E-state index in [9.17, 15) is 14.7 Å². The largest absolute Gasteiger partial charge is 0.508 e. The molecule has 13 heteroatoms. The minimum Gasteiger partial charge on any atom is -0.508 e. The molecule has 9 rings (SSSR count). The molecule has 2 aromatic heterocycles. The van der Waals surface area contributed by atoms with Crippen molar-refractivity contribution in [3.8, 4) is 5.75 Å². The van der Waals surface area contributed by atoms with Gasteiger partial charge in [-0.25, -0.2) is 0 Å². The zero-order valence-corrected chi connectivity index (χ0v) is 32.5. The summed E-state index contributed by atoms with van der Waals surface area (Å²) in [6, 6.07) is 28.0. The smallest absolute Gasteiger partial charge is 0.264 e. The number of phenolic OH excluding ortho intramolecular Hbond substituents is 1. The molecule has 3 aliphatic rings. The van der Waals surface area contributed by atoms with Crippen molar-refractivity contribution in [3.05, 3.63) is 142 Å². The highest BCUT2D eigenvalue weighted by Crippen LogP contribution is 2.37. The van der Waals surface area contributed by atoms with Crippen molar-refractivity contribution in [2.75, 3.05) is 37.7 Å². The van der Waals surface area contributed by atoms with E-state index in [1.54, 1.807) is 46.1 Å². The van der Waals surface area contributed by atoms with Crippen molar-refractivity contribution in [1.82, 2.24) is 24.1 Å². The van der Waals surface area contributed by atoms with Crippen LogP contribution in [0.25, 0.3) is 10.9 Å². The maximum absolute atomic E-state index is 14.7. The normalized spacial score (nSPS) is 18.2. The summed E-state index contributed by atoms with van der Waals surface area (Å²) in [6.07, 6.45) is 3.98. The van der Waals surface area contributed by atoms with Gasteiger partial charge in [-0.1, -0.05) is 35.9 Å². The van der Waals surface area contributed by atoms with Crippen molar-refractivity contribution in [2.45, 2.75) is 38.3 Å². The molecule has 0 radical (unpaired) electrons. The molecule has 4 aromatic carbocycles. The second-order valence-corrected chi connectivity index (χ2v) is 14.9. The van der Waals surface area contributed by atoms with Crippen molar-refractivity contribution in [1.29, 1.82) is 0 Å². The number of aromatic nitrogens is 3. The van der Waals surface area contributed by atoms with Crippen LogP contribution < -0.4 is 4.90 Å². The Bertz CT molecular complexity index is 2410. The van der Waals surface area contributed by atoms with Gasteiger partial charge in [0.15, 0.2) is 0 Å². The second-order valence-electron chi connectivity index (χ2n) is 14.5. The zero-order valence-electron chi connectivity index (χ0n) is 30.9. The van der Waals surface area contributed by atoms with Gasteiger partial charge in [-0.3, -0.25) is 24.1 Å². The van der Waals surface area contributed by atoms with Gasteiger partial charge in [-0.05, 0) is 89.8 Å². The molecule has 3 aliphatic heterocycles. The van der Waals surface area contributed by atoms with E-state index in [1.165, 1.54) is 5.56 Å². The lowest BCUT2D eigenvalue weighted by molar-refractivity contribution is 0.00136. The van der Waals surface area contributed by atoms with Crippen LogP contribution in [-0.4, -0.2) is 80.0 Å². The van der Waals surface area contributed by atoms with Gasteiger partial charge in [0.25, 0.3) is 11.8 Å². The number of hydrogen-bond acceptors (Lipinski definition) is 7. The monoisotopic (exact) mass is 792 g/mol. The fourth-order valence-corrected chi connectivity index (χ4v) is 8.43. The number of hydrogen-bond donors (Lipinski definition) is 1. The summed E-state index contributed by atoms with van der Waals surface area (Å²) >= 11 is 6.62. The van der Waals surface area contributed by atoms with Crippen LogP contribution >= 0.6 is 24.0 Å². The Morgan fingerprint density at radius 2 is 1.70 bits per heavy atom. The molecule has 5 heterocycles. The van der Waals surface area contributed by atoms with Gasteiger partial charge in [-0.15, -0.1) is 12.4 Å². The van der Waals surface area contributed by atoms with Crippen LogP contribution in [0.15, 0.2) is 103 Å². The van der Waals surface area contributed by atoms with Gasteiger partial charge in [-0.2, -0.15) is 5.10 Å². The average Bonchev–Trinajstić information content (AvgIpc) is 3.81. The number of phenols is 1. The number of carbonyl (C=O) groups excluding carboxylic acids is 2. The van der Waals surface area contributed by atoms with E-state index in [0.29, 0.717) is 53.8 Å². The highest BCUT2D eigenvalue weighted by Gasteiger charge is 2.35. The molecule has 1 unspecified atom stereocenters. The third-order valence-electron chi connectivity index (χ3n) is 11.2. The first-order valence-corrected chi connectivity index (χ1v) is 19.0. The Morgan fingerprint density at radius 3 is 2.50 bits per heavy atom. The summed E-state index contributed by atoms with van der Waals surface area (Å²) in [4.78, 5) is 35.4. The number of ether oxygens (including phenoxy) is 2. The summed E-state index contributed by atoms with van der Waals surface area (Å²) in [6.45, 7) is 4.93. The summed E-state index contributed by atoms with van der Waals surface area (Å²) in [5.74, 6) is -0.177. The number of rotatable bonds is 7. The number of benzene rings is 4. The average molecular weight is 794 g/mol. The lowest BCUT2D eigenvalue weighted by Gasteiger charge is -2.41. The Hall–Kier alpha value is -5.17. The fourth-order valence-electron chi connectivity index (χ4n) is 8.25. The van der Waals surface area contributed by atoms with Crippen molar-refractivity contribution < 1.29 is 24.2 Å². The number of nitrogens with zero attached hydrogens (tertiary/aromatic N) is 6. The molecule has 0 bridgehead atoms. The van der Waals surface area contributed by atoms with Crippen LogP contribution in [0.1, 0.15) is 49.2 Å². The molecule has 2 amide bonds. The molecule has 0 spiro atoms. The third-order valence-corrected chi connectivity index (χ3v) is 11.4. The number of aromatic hydroxyl groups is 1. The van der Waals surface area contributed by atoms with E-state index in [0.717, 1.165) is 53.8 Å². The topological polar surface area (TPSA) is 105 Å². The molecule has 1 N–H and O–H groups in total. The van der Waals surface area contributed by atoms with E-state index < -0.39 is 6.10 Å². The van der Waals surface area contributed by atoms with E-state index >= 15 is 0 Å². The van der Waals surface area contributed by atoms with Gasteiger partial charge in [0.1, 0.15) is 11.9 Å². The van der Waals surface area contributed by atoms with E-state index in [-0.39, 0.29) is 42.6 Å². The predicted molar refractivity (Wildman–Crippen MR) is 217 cm³/mol. The summed E-state index contributed by atoms with van der Waals surface area (Å²) in [5, 5.41) is 15.8. The molecule has 288 valence electrons. The van der Waals surface area contributed by atoms with Crippen molar-refractivity contribution >= 4 is 58.1 Å². The number of amides is 2. The summed E-state index contributed by atoms with van der Waals surface area (Å²) in [5.41, 5.74) is 7.19. The van der Waals surface area contributed by atoms with E-state index in [4.69, 9.17) is 21.1 Å². The van der Waals surface area contributed by atoms with Crippen molar-refractivity contribution in [3.63, 3.8) is 0 Å². The molecule has 0 saturated carbocycles. The number of morpholine rings is 1. The first kappa shape index (κ1) is 37.7. The maximum atomic E-state index is 14.7. The molecule has 56 heavy (non-hydrogen) atoms. The van der Waals surface area contributed by atoms with E-state index in [2.05, 4.69) is 28.2 Å². The minimum atomic E-state index is -0.475. The standard InChI is InChI=1S/C43H41ClN6O5.ClH/c1-46-39-13-9-33(21-30(39)23-45-46)50(32-7-10-35(51)11-8-32)43(53)37-14-15-48-26-41(55-27-40(37)48)38-22-31(44)6-12-36(38)42(52)49-24-29-5-3-2-4-28(29)20-34(49)25-47-16-18-54-19-17-47;/h2-15,21-23,34,41,51H,16-20,24-27H2,1H3;1H/t34-,41?;/m0./s1. The van der Waals surface area contributed by atoms with Gasteiger partial charge >= 0.3 is 0 Å². The molecular formula is C43H42Cl2N6O5. The summed E-state index contributed by atoms with van der Waals surface area (Å²) < 4.78 is 16.0. The Morgan fingerprint density at radius 1 is 0.929 bits per heavy atom. The van der Waals surface area contributed by atoms with Crippen LogP contribution in [0.5, 0.6) is 5.75 Å². The van der Waals surface area contributed by atoms with Crippen molar-refractivity contribution in [2.24, 2.45) is 7.05 Å². The van der Waals surface area contributed by atoms with Crippen LogP contribution in [0, 0.1) is 0 Å². The first-order valence-electron chi connectivity index (χ1n) is 18.6. The molecule has 6 aromatic rings. The maximum Gasteiger partial charge on any atom is 0.264 e. The van der Waals surface area contributed by atoms with Gasteiger partial charge in [0.2, 0.25) is 0 Å².